The van der Waals surface area contributed by atoms with Gasteiger partial charge in [0, 0.05) is 10.5 Å². The van der Waals surface area contributed by atoms with E-state index in [9.17, 15) is 13.2 Å². The van der Waals surface area contributed by atoms with E-state index in [2.05, 4.69) is 11.8 Å². The molecular weight excluding hydrogens is 235 g/mol. The van der Waals surface area contributed by atoms with Crippen molar-refractivity contribution in [3.8, 4) is 17.9 Å². The van der Waals surface area contributed by atoms with Gasteiger partial charge in [-0.2, -0.15) is 18.4 Å². The van der Waals surface area contributed by atoms with Gasteiger partial charge >= 0.3 is 5.51 Å². The van der Waals surface area contributed by atoms with E-state index < -0.39 is 5.51 Å². The Morgan fingerprint density at radius 2 is 1.81 bits per heavy atom. The van der Waals surface area contributed by atoms with E-state index in [1.807, 2.05) is 6.07 Å². The predicted molar refractivity (Wildman–Crippen MR) is 55.5 cm³/mol. The van der Waals surface area contributed by atoms with Crippen LogP contribution < -0.4 is 0 Å². The van der Waals surface area contributed by atoms with Crippen molar-refractivity contribution in [3.63, 3.8) is 0 Å². The van der Waals surface area contributed by atoms with Gasteiger partial charge in [0.05, 0.1) is 12.5 Å². The molecule has 0 bridgehead atoms. The number of nitriles is 1. The lowest BCUT2D eigenvalue weighted by Crippen LogP contribution is -1.98. The molecule has 0 radical (unpaired) electrons. The van der Waals surface area contributed by atoms with Gasteiger partial charge in [0.25, 0.3) is 0 Å². The summed E-state index contributed by atoms with van der Waals surface area (Å²) in [5.74, 6) is 5.25. The highest BCUT2D eigenvalue weighted by atomic mass is 32.2. The number of hydrogen-bond acceptors (Lipinski definition) is 2. The van der Waals surface area contributed by atoms with Crippen molar-refractivity contribution in [2.24, 2.45) is 0 Å². The summed E-state index contributed by atoms with van der Waals surface area (Å²) in [6, 6.07) is 7.56. The second kappa shape index (κ2) is 5.48. The van der Waals surface area contributed by atoms with Crippen molar-refractivity contribution in [2.75, 3.05) is 0 Å². The van der Waals surface area contributed by atoms with Gasteiger partial charge in [-0.25, -0.2) is 0 Å². The molecule has 0 saturated heterocycles. The first-order valence-corrected chi connectivity index (χ1v) is 5.04. The van der Waals surface area contributed by atoms with E-state index in [1.165, 1.54) is 24.3 Å². The quantitative estimate of drug-likeness (QED) is 0.554. The minimum absolute atomic E-state index is 0.110. The van der Waals surface area contributed by atoms with Crippen LogP contribution in [0, 0.1) is 23.2 Å². The SMILES string of the molecule is N#CCC#Cc1ccc(SC(F)(F)F)cc1. The molecule has 0 amide bonds. The molecular formula is C11H6F3NS. The van der Waals surface area contributed by atoms with Crippen LogP contribution in [0.5, 0.6) is 0 Å². The van der Waals surface area contributed by atoms with Crippen LogP contribution in [0.25, 0.3) is 0 Å². The second-order valence-electron chi connectivity index (χ2n) is 2.71. The van der Waals surface area contributed by atoms with Crippen LogP contribution in [0.2, 0.25) is 0 Å². The first-order valence-electron chi connectivity index (χ1n) is 4.23. The summed E-state index contributed by atoms with van der Waals surface area (Å²) in [6.07, 6.45) is 0.110. The molecule has 1 aromatic rings. The average molecular weight is 241 g/mol. The Balaban J connectivity index is 2.70. The third-order valence-corrected chi connectivity index (χ3v) is 2.23. The summed E-state index contributed by atoms with van der Waals surface area (Å²) >= 11 is -0.163. The highest BCUT2D eigenvalue weighted by Crippen LogP contribution is 2.36. The number of rotatable bonds is 1. The van der Waals surface area contributed by atoms with Crippen molar-refractivity contribution in [3.05, 3.63) is 29.8 Å². The zero-order valence-corrected chi connectivity index (χ0v) is 8.82. The maximum absolute atomic E-state index is 12.0. The summed E-state index contributed by atoms with van der Waals surface area (Å²) in [7, 11) is 0. The van der Waals surface area contributed by atoms with Gasteiger partial charge < -0.3 is 0 Å². The molecule has 0 spiro atoms. The van der Waals surface area contributed by atoms with Crippen molar-refractivity contribution < 1.29 is 13.2 Å². The molecule has 16 heavy (non-hydrogen) atoms. The summed E-state index contributed by atoms with van der Waals surface area (Å²) in [5.41, 5.74) is -3.67. The Bertz CT molecular complexity index is 445. The van der Waals surface area contributed by atoms with Gasteiger partial charge in [-0.15, -0.1) is 0 Å². The topological polar surface area (TPSA) is 23.8 Å². The van der Waals surface area contributed by atoms with Gasteiger partial charge in [-0.05, 0) is 36.0 Å². The summed E-state index contributed by atoms with van der Waals surface area (Å²) in [5, 5.41) is 8.24. The molecule has 0 N–H and O–H groups in total. The van der Waals surface area contributed by atoms with Crippen LogP contribution in [0.15, 0.2) is 29.2 Å². The van der Waals surface area contributed by atoms with Crippen LogP contribution >= 0.6 is 11.8 Å². The minimum Gasteiger partial charge on any atom is -0.197 e. The Labute approximate surface area is 95.3 Å². The monoisotopic (exact) mass is 241 g/mol. The Morgan fingerprint density at radius 3 is 2.31 bits per heavy atom. The van der Waals surface area contributed by atoms with Crippen LogP contribution in [0.4, 0.5) is 13.2 Å². The van der Waals surface area contributed by atoms with E-state index in [4.69, 9.17) is 5.26 Å². The third kappa shape index (κ3) is 4.77. The molecule has 82 valence electrons. The zero-order chi connectivity index (χ0) is 12.0. The van der Waals surface area contributed by atoms with E-state index >= 15 is 0 Å². The predicted octanol–water partition coefficient (Wildman–Crippen LogP) is 3.56. The fourth-order valence-electron chi connectivity index (χ4n) is 0.926. The molecule has 0 atom stereocenters. The molecule has 1 rings (SSSR count). The molecule has 0 aromatic heterocycles. The third-order valence-electron chi connectivity index (χ3n) is 1.49. The molecule has 0 aliphatic carbocycles. The number of nitrogens with zero attached hydrogens (tertiary/aromatic N) is 1. The lowest BCUT2D eigenvalue weighted by molar-refractivity contribution is -0.0328. The first-order chi connectivity index (χ1) is 7.51. The van der Waals surface area contributed by atoms with Crippen molar-refractivity contribution in [1.29, 1.82) is 5.26 Å². The molecule has 0 heterocycles. The van der Waals surface area contributed by atoms with E-state index in [1.54, 1.807) is 0 Å². The second-order valence-corrected chi connectivity index (χ2v) is 3.85. The molecule has 1 nitrogen and oxygen atoms in total. The van der Waals surface area contributed by atoms with Crippen molar-refractivity contribution >= 4 is 11.8 Å². The number of thioether (sulfide) groups is 1. The molecule has 0 unspecified atom stereocenters. The lowest BCUT2D eigenvalue weighted by atomic mass is 10.2. The fraction of sp³-hybridized carbons (Fsp3) is 0.182. The molecule has 0 saturated carbocycles. The van der Waals surface area contributed by atoms with Crippen molar-refractivity contribution in [1.82, 2.24) is 0 Å². The highest BCUT2D eigenvalue weighted by Gasteiger charge is 2.28. The average Bonchev–Trinajstić information content (AvgIpc) is 2.19. The van der Waals surface area contributed by atoms with Crippen molar-refractivity contribution in [2.45, 2.75) is 16.8 Å². The first kappa shape index (κ1) is 12.5. The minimum atomic E-state index is -4.27. The van der Waals surface area contributed by atoms with Crippen LogP contribution in [0.3, 0.4) is 0 Å². The van der Waals surface area contributed by atoms with Gasteiger partial charge in [-0.3, -0.25) is 0 Å². The Morgan fingerprint density at radius 1 is 1.19 bits per heavy atom. The lowest BCUT2D eigenvalue weighted by Gasteiger charge is -2.04. The van der Waals surface area contributed by atoms with Gasteiger partial charge in [-0.1, -0.05) is 11.8 Å². The van der Waals surface area contributed by atoms with Gasteiger partial charge in [0.1, 0.15) is 0 Å². The Hall–Kier alpha value is -1.59. The normalized spacial score (nSPS) is 10.1. The van der Waals surface area contributed by atoms with E-state index in [-0.39, 0.29) is 23.1 Å². The number of alkyl halides is 3. The molecule has 0 aliphatic rings. The number of hydrogen-bond donors (Lipinski definition) is 0. The smallest absolute Gasteiger partial charge is 0.197 e. The molecule has 0 fully saturated rings. The maximum Gasteiger partial charge on any atom is 0.446 e. The maximum atomic E-state index is 12.0. The molecule has 5 heteroatoms. The fourth-order valence-corrected chi connectivity index (χ4v) is 1.47. The molecule has 0 aliphatic heterocycles. The summed E-state index contributed by atoms with van der Waals surface area (Å²) in [6.45, 7) is 0. The molecule has 1 aromatic carbocycles. The van der Waals surface area contributed by atoms with E-state index in [0.29, 0.717) is 5.56 Å². The zero-order valence-electron chi connectivity index (χ0n) is 8.01. The highest BCUT2D eigenvalue weighted by molar-refractivity contribution is 8.00. The summed E-state index contributed by atoms with van der Waals surface area (Å²) in [4.78, 5) is 0.123. The Kier molecular flexibility index (Phi) is 4.28. The standard InChI is InChI=1S/C11H6F3NS/c12-11(13,14)16-10-6-4-9(5-7-10)3-1-2-8-15/h4-7H,2H2. The van der Waals surface area contributed by atoms with Gasteiger partial charge in [0.2, 0.25) is 0 Å². The van der Waals surface area contributed by atoms with Crippen LogP contribution in [0.1, 0.15) is 12.0 Å². The van der Waals surface area contributed by atoms with E-state index in [0.717, 1.165) is 0 Å². The van der Waals surface area contributed by atoms with Crippen LogP contribution in [-0.2, 0) is 0 Å². The largest absolute Gasteiger partial charge is 0.446 e. The number of halogens is 3. The summed E-state index contributed by atoms with van der Waals surface area (Å²) < 4.78 is 36.0. The van der Waals surface area contributed by atoms with Crippen LogP contribution in [-0.4, -0.2) is 5.51 Å². The number of benzene rings is 1. The van der Waals surface area contributed by atoms with Gasteiger partial charge in [0.15, 0.2) is 0 Å².